The molecule has 0 aromatic heterocycles. The number of nitrogens with one attached hydrogen (secondary N) is 8. The van der Waals surface area contributed by atoms with E-state index in [4.69, 9.17) is 18.9 Å². The summed E-state index contributed by atoms with van der Waals surface area (Å²) in [6.45, 7) is 0. The van der Waals surface area contributed by atoms with Crippen LogP contribution in [-0.2, 0) is 0 Å². The van der Waals surface area contributed by atoms with Gasteiger partial charge >= 0.3 is 0 Å². The van der Waals surface area contributed by atoms with Gasteiger partial charge in [0.15, 0.2) is 58.2 Å². The number of hydrogen-bond acceptors (Lipinski definition) is 16. The van der Waals surface area contributed by atoms with Crippen LogP contribution in [0.25, 0.3) is 0 Å². The highest BCUT2D eigenvalue weighted by atomic mass is 16.6. The van der Waals surface area contributed by atoms with Crippen molar-refractivity contribution in [2.75, 3.05) is 0 Å². The Hall–Kier alpha value is -5.04. The molecule has 9 aliphatic rings. The van der Waals surface area contributed by atoms with Crippen molar-refractivity contribution in [3.05, 3.63) is 97.1 Å². The maximum Gasteiger partial charge on any atom is 0.176 e. The molecular weight excluding hydrogens is 913 g/mol. The average Bonchev–Trinajstić information content (AvgIpc) is 4.14. The minimum Gasteiger partial charge on any atom is -0.504 e. The summed E-state index contributed by atoms with van der Waals surface area (Å²) >= 11 is 0. The lowest BCUT2D eigenvalue weighted by atomic mass is 9.71. The molecule has 72 heavy (non-hydrogen) atoms. The Labute approximate surface area is 421 Å². The molecule has 12 N–H and O–H groups in total. The van der Waals surface area contributed by atoms with Gasteiger partial charge in [-0.15, -0.1) is 0 Å². The molecule has 0 radical (unpaired) electrons. The van der Waals surface area contributed by atoms with Crippen molar-refractivity contribution in [2.45, 2.75) is 151 Å². The topological polar surface area (TPSA) is 214 Å². The van der Waals surface area contributed by atoms with Gasteiger partial charge in [-0.3, -0.25) is 42.5 Å². The third-order valence-corrected chi connectivity index (χ3v) is 18.5. The molecule has 20 atom stereocenters. The molecule has 4 saturated carbocycles. The Morgan fingerprint density at radius 3 is 0.736 bits per heavy atom. The van der Waals surface area contributed by atoms with Crippen molar-refractivity contribution in [1.82, 2.24) is 42.5 Å². The van der Waals surface area contributed by atoms with E-state index in [0.717, 1.165) is 38.5 Å². The van der Waals surface area contributed by atoms with Crippen LogP contribution in [0.3, 0.4) is 0 Å². The lowest BCUT2D eigenvalue weighted by molar-refractivity contribution is -0.152. The average molecular weight is 985 g/mol. The predicted molar refractivity (Wildman–Crippen MR) is 269 cm³/mol. The molecular formula is C56H72N8O8. The maximum absolute atomic E-state index is 11.5. The summed E-state index contributed by atoms with van der Waals surface area (Å²) in [4.78, 5) is 0. The summed E-state index contributed by atoms with van der Waals surface area (Å²) in [5, 5.41) is 79.6. The smallest absolute Gasteiger partial charge is 0.176 e. The SMILES string of the molecule is Oc1ccccc1OC1C(Oc2ccccc2O)C(Oc2ccccc2O)C2C3NC4NC(NC5NC(NC6NC(NC(N3)C2C1Oc1ccccc1O)C1CCCCC61)C1CCCCC51)C1CCCCC41. The second-order valence-corrected chi connectivity index (χ2v) is 22.3. The summed E-state index contributed by atoms with van der Waals surface area (Å²) in [7, 11) is 0. The highest BCUT2D eigenvalue weighted by Crippen LogP contribution is 2.50. The molecule has 9 fully saturated rings. The number of rotatable bonds is 8. The standard InChI is InChI=1S/C56H72N8O8/c65-35-21-7-11-25-39(35)69-45-43-44(46(70-40-26-12-8-22-36(40)66)48(72-42-28-14-10-24-38(42)68)47(45)71-41-27-13-9-23-37(41)67)56-63-54-34-20-6-4-18-32(34)52(61-54)59-50-30-16-2-1-15-29(30)49(57-50)58-51-31-17-3-5-19-33(31)53(60-51)62-55(43)64-56/h7-14,21-34,43-68H,1-6,15-20H2. The van der Waals surface area contributed by atoms with Crippen molar-refractivity contribution in [1.29, 1.82) is 0 Å². The Morgan fingerprint density at radius 2 is 0.486 bits per heavy atom. The number of benzene rings is 4. The van der Waals surface area contributed by atoms with E-state index >= 15 is 0 Å². The largest absolute Gasteiger partial charge is 0.504 e. The highest BCUT2D eigenvalue weighted by molar-refractivity contribution is 5.43. The quantitative estimate of drug-likeness (QED) is 0.103. The number of phenolic OH excluding ortho intramolecular Hbond substituents is 4. The van der Waals surface area contributed by atoms with Gasteiger partial charge in [0, 0.05) is 11.8 Å². The minimum atomic E-state index is -1.06. The van der Waals surface area contributed by atoms with E-state index in [1.165, 1.54) is 38.5 Å². The summed E-state index contributed by atoms with van der Waals surface area (Å²) in [5.74, 6) is 2.35. The van der Waals surface area contributed by atoms with E-state index in [9.17, 15) is 20.4 Å². The van der Waals surface area contributed by atoms with E-state index in [-0.39, 0.29) is 83.0 Å². The van der Waals surface area contributed by atoms with Gasteiger partial charge in [0.25, 0.3) is 0 Å². The molecule has 4 aliphatic carbocycles. The Balaban J connectivity index is 0.978. The Morgan fingerprint density at radius 1 is 0.278 bits per heavy atom. The molecule has 16 nitrogen and oxygen atoms in total. The first-order valence-electron chi connectivity index (χ1n) is 27.2. The maximum atomic E-state index is 11.5. The number of aromatic hydroxyl groups is 4. The van der Waals surface area contributed by atoms with Crippen molar-refractivity contribution >= 4 is 0 Å². The second-order valence-electron chi connectivity index (χ2n) is 22.3. The van der Waals surface area contributed by atoms with Crippen molar-refractivity contribution < 1.29 is 39.4 Å². The van der Waals surface area contributed by atoms with Gasteiger partial charge < -0.3 is 39.4 Å². The lowest BCUT2D eigenvalue weighted by Gasteiger charge is -2.50. The van der Waals surface area contributed by atoms with Crippen LogP contribution in [0.1, 0.15) is 77.0 Å². The third-order valence-electron chi connectivity index (χ3n) is 18.5. The first kappa shape index (κ1) is 46.7. The number of fused-ring (bicyclic) bond motifs is 20. The predicted octanol–water partition coefficient (Wildman–Crippen LogP) is 5.66. The molecule has 4 aromatic carbocycles. The molecule has 16 heteroatoms. The van der Waals surface area contributed by atoms with Gasteiger partial charge in [0.05, 0.1) is 49.3 Å². The summed E-state index contributed by atoms with van der Waals surface area (Å²) < 4.78 is 28.7. The van der Waals surface area contributed by atoms with Crippen LogP contribution in [0.5, 0.6) is 46.0 Å². The van der Waals surface area contributed by atoms with Crippen LogP contribution in [0.15, 0.2) is 97.1 Å². The number of hydrogen-bond donors (Lipinski definition) is 12. The highest BCUT2D eigenvalue weighted by Gasteiger charge is 2.65. The van der Waals surface area contributed by atoms with Gasteiger partial charge in [-0.1, -0.05) is 87.1 Å². The van der Waals surface area contributed by atoms with Crippen LogP contribution in [0.2, 0.25) is 0 Å². The monoisotopic (exact) mass is 985 g/mol. The fraction of sp³-hybridized carbons (Fsp3) is 0.571. The van der Waals surface area contributed by atoms with Crippen LogP contribution in [-0.4, -0.2) is 94.2 Å². The van der Waals surface area contributed by atoms with Crippen molar-refractivity contribution in [2.24, 2.45) is 47.3 Å². The van der Waals surface area contributed by atoms with E-state index < -0.39 is 48.6 Å². The molecule has 4 aromatic rings. The summed E-state index contributed by atoms with van der Waals surface area (Å²) in [6.07, 6.45) is 9.75. The van der Waals surface area contributed by atoms with Crippen LogP contribution < -0.4 is 61.5 Å². The minimum absolute atomic E-state index is 0.0339. The molecule has 0 amide bonds. The molecule has 5 heterocycles. The van der Waals surface area contributed by atoms with Gasteiger partial charge in [0.2, 0.25) is 0 Å². The fourth-order valence-electron chi connectivity index (χ4n) is 15.4. The first-order valence-corrected chi connectivity index (χ1v) is 27.2. The first-order chi connectivity index (χ1) is 35.3. The van der Waals surface area contributed by atoms with Crippen molar-refractivity contribution in [3.63, 3.8) is 0 Å². The van der Waals surface area contributed by atoms with Gasteiger partial charge in [-0.2, -0.15) is 0 Å². The number of ether oxygens (including phenoxy) is 4. The van der Waals surface area contributed by atoms with Crippen LogP contribution >= 0.6 is 0 Å². The Kier molecular flexibility index (Phi) is 12.8. The van der Waals surface area contributed by atoms with E-state index in [1.54, 1.807) is 84.9 Å². The van der Waals surface area contributed by atoms with E-state index in [0.29, 0.717) is 35.5 Å². The molecule has 13 rings (SSSR count). The normalized spacial score (nSPS) is 41.0. The van der Waals surface area contributed by atoms with Gasteiger partial charge in [-0.05, 0) is 123 Å². The molecule has 8 bridgehead atoms. The summed E-state index contributed by atoms with van der Waals surface area (Å²) in [5.41, 5.74) is 0. The van der Waals surface area contributed by atoms with Crippen molar-refractivity contribution in [3.8, 4) is 46.0 Å². The van der Waals surface area contributed by atoms with E-state index in [1.807, 2.05) is 12.1 Å². The third kappa shape index (κ3) is 8.58. The van der Waals surface area contributed by atoms with E-state index in [2.05, 4.69) is 42.5 Å². The number of para-hydroxylation sites is 8. The fourth-order valence-corrected chi connectivity index (χ4v) is 15.4. The molecule has 384 valence electrons. The molecule has 5 aliphatic heterocycles. The molecule has 0 spiro atoms. The molecule has 5 saturated heterocycles. The van der Waals surface area contributed by atoms with Gasteiger partial charge in [0.1, 0.15) is 12.2 Å². The summed E-state index contributed by atoms with van der Waals surface area (Å²) in [6, 6.07) is 27.6. The number of phenols is 4. The molecule has 20 unspecified atom stereocenters. The zero-order valence-electron chi connectivity index (χ0n) is 40.7. The zero-order chi connectivity index (χ0) is 48.5. The lowest BCUT2D eigenvalue weighted by Crippen LogP contribution is -2.69. The Bertz CT molecular complexity index is 2370. The van der Waals surface area contributed by atoms with Gasteiger partial charge in [-0.25, -0.2) is 0 Å². The van der Waals surface area contributed by atoms with Crippen LogP contribution in [0, 0.1) is 47.3 Å². The van der Waals surface area contributed by atoms with Crippen LogP contribution in [0.4, 0.5) is 0 Å². The zero-order valence-corrected chi connectivity index (χ0v) is 40.7. The second kappa shape index (κ2) is 19.7.